The van der Waals surface area contributed by atoms with Crippen molar-refractivity contribution in [3.8, 4) is 10.6 Å². The van der Waals surface area contributed by atoms with E-state index in [9.17, 15) is 9.18 Å². The minimum Gasteiger partial charge on any atom is -0.355 e. The zero-order valence-corrected chi connectivity index (χ0v) is 15.8. The molecule has 4 rings (SSSR count). The van der Waals surface area contributed by atoms with Crippen LogP contribution in [-0.2, 0) is 11.2 Å². The van der Waals surface area contributed by atoms with Crippen LogP contribution >= 0.6 is 11.3 Å². The predicted molar refractivity (Wildman–Crippen MR) is 103 cm³/mol. The molecule has 140 valence electrons. The van der Waals surface area contributed by atoms with Crippen LogP contribution in [0.4, 0.5) is 4.39 Å². The number of nitrogens with zero attached hydrogens (tertiary/aromatic N) is 2. The van der Waals surface area contributed by atoms with Crippen molar-refractivity contribution in [1.29, 1.82) is 0 Å². The van der Waals surface area contributed by atoms with Crippen molar-refractivity contribution < 1.29 is 13.7 Å². The molecule has 1 aromatic carbocycles. The summed E-state index contributed by atoms with van der Waals surface area (Å²) < 4.78 is 19.0. The monoisotopic (exact) mass is 384 g/mol. The Morgan fingerprint density at radius 2 is 2.15 bits per heavy atom. The second-order valence-corrected chi connectivity index (χ2v) is 7.80. The molecular formula is C21H21FN2O2S. The Morgan fingerprint density at radius 1 is 1.22 bits per heavy atom. The van der Waals surface area contributed by atoms with Gasteiger partial charge < -0.3 is 9.42 Å². The number of hydrogen-bond donors (Lipinski definition) is 0. The van der Waals surface area contributed by atoms with Crippen LogP contribution in [-0.4, -0.2) is 22.5 Å². The number of amides is 1. The SMILES string of the molecule is O=C(Cc1cccc(F)c1)N1CCCCC[C@@H]1c1cc(-c2cccs2)on1. The van der Waals surface area contributed by atoms with Gasteiger partial charge in [0.25, 0.3) is 0 Å². The van der Waals surface area contributed by atoms with Crippen molar-refractivity contribution >= 4 is 17.2 Å². The third kappa shape index (κ3) is 4.11. The van der Waals surface area contributed by atoms with E-state index in [1.807, 2.05) is 28.5 Å². The van der Waals surface area contributed by atoms with Crippen molar-refractivity contribution in [3.63, 3.8) is 0 Å². The van der Waals surface area contributed by atoms with Gasteiger partial charge in [0, 0.05) is 12.6 Å². The molecule has 0 aliphatic carbocycles. The summed E-state index contributed by atoms with van der Waals surface area (Å²) >= 11 is 1.60. The molecule has 0 saturated carbocycles. The molecule has 0 N–H and O–H groups in total. The van der Waals surface area contributed by atoms with Crippen LogP contribution in [0, 0.1) is 5.82 Å². The van der Waals surface area contributed by atoms with Crippen LogP contribution < -0.4 is 0 Å². The van der Waals surface area contributed by atoms with E-state index in [0.29, 0.717) is 12.1 Å². The maximum absolute atomic E-state index is 13.5. The summed E-state index contributed by atoms with van der Waals surface area (Å²) in [5.74, 6) is 0.430. The van der Waals surface area contributed by atoms with Gasteiger partial charge in [-0.1, -0.05) is 36.2 Å². The third-order valence-corrected chi connectivity index (χ3v) is 5.84. The van der Waals surface area contributed by atoms with Gasteiger partial charge in [-0.15, -0.1) is 11.3 Å². The molecule has 1 aliphatic heterocycles. The molecule has 27 heavy (non-hydrogen) atoms. The molecule has 6 heteroatoms. The zero-order chi connectivity index (χ0) is 18.6. The van der Waals surface area contributed by atoms with Gasteiger partial charge in [0.2, 0.25) is 5.91 Å². The number of likely N-dealkylation sites (tertiary alicyclic amines) is 1. The van der Waals surface area contributed by atoms with Crippen LogP contribution in [0.3, 0.4) is 0 Å². The fraction of sp³-hybridized carbons (Fsp3) is 0.333. The summed E-state index contributed by atoms with van der Waals surface area (Å²) in [6.45, 7) is 0.694. The van der Waals surface area contributed by atoms with Gasteiger partial charge in [-0.25, -0.2) is 4.39 Å². The molecule has 2 aromatic heterocycles. The first-order valence-corrected chi connectivity index (χ1v) is 10.1. The molecule has 1 atom stereocenters. The van der Waals surface area contributed by atoms with Gasteiger partial charge >= 0.3 is 0 Å². The maximum atomic E-state index is 13.5. The Kier molecular flexibility index (Phi) is 5.34. The summed E-state index contributed by atoms with van der Waals surface area (Å²) in [6.07, 6.45) is 4.18. The Balaban J connectivity index is 1.56. The number of aromatic nitrogens is 1. The van der Waals surface area contributed by atoms with Crippen molar-refractivity contribution in [2.24, 2.45) is 0 Å². The average Bonchev–Trinajstić information content (AvgIpc) is 3.29. The van der Waals surface area contributed by atoms with Crippen molar-refractivity contribution in [2.45, 2.75) is 38.1 Å². The van der Waals surface area contributed by atoms with E-state index in [1.165, 1.54) is 12.1 Å². The largest absolute Gasteiger partial charge is 0.355 e. The smallest absolute Gasteiger partial charge is 0.227 e. The van der Waals surface area contributed by atoms with E-state index < -0.39 is 0 Å². The van der Waals surface area contributed by atoms with Crippen molar-refractivity contribution in [1.82, 2.24) is 10.1 Å². The van der Waals surface area contributed by atoms with Gasteiger partial charge in [0.05, 0.1) is 17.3 Å². The normalized spacial score (nSPS) is 17.7. The molecule has 1 amide bonds. The van der Waals surface area contributed by atoms with Crippen molar-refractivity contribution in [2.75, 3.05) is 6.54 Å². The molecule has 0 bridgehead atoms. The van der Waals surface area contributed by atoms with E-state index >= 15 is 0 Å². The number of benzene rings is 1. The molecule has 3 aromatic rings. The minimum absolute atomic E-state index is 0.00757. The average molecular weight is 384 g/mol. The minimum atomic E-state index is -0.315. The van der Waals surface area contributed by atoms with Crippen LogP contribution in [0.15, 0.2) is 52.4 Å². The van der Waals surface area contributed by atoms with Crippen LogP contribution in [0.1, 0.15) is 43.0 Å². The fourth-order valence-corrected chi connectivity index (χ4v) is 4.29. The summed E-state index contributed by atoms with van der Waals surface area (Å²) in [7, 11) is 0. The van der Waals surface area contributed by atoms with Crippen molar-refractivity contribution in [3.05, 3.63) is 64.9 Å². The van der Waals surface area contributed by atoms with E-state index in [-0.39, 0.29) is 24.2 Å². The Bertz CT molecular complexity index is 907. The van der Waals surface area contributed by atoms with E-state index in [4.69, 9.17) is 4.52 Å². The van der Waals surface area contributed by atoms with E-state index in [1.54, 1.807) is 23.5 Å². The highest BCUT2D eigenvalue weighted by Gasteiger charge is 2.29. The number of rotatable bonds is 4. The maximum Gasteiger partial charge on any atom is 0.227 e. The molecule has 3 heterocycles. The Morgan fingerprint density at radius 3 is 2.96 bits per heavy atom. The number of thiophene rings is 1. The van der Waals surface area contributed by atoms with Gasteiger partial charge in [0.1, 0.15) is 11.5 Å². The number of hydrogen-bond acceptors (Lipinski definition) is 4. The molecule has 0 spiro atoms. The predicted octanol–water partition coefficient (Wildman–Crippen LogP) is 5.23. The van der Waals surface area contributed by atoms with Gasteiger partial charge in [-0.05, 0) is 42.0 Å². The summed E-state index contributed by atoms with van der Waals surface area (Å²) in [6, 6.07) is 12.1. The molecular weight excluding hydrogens is 363 g/mol. The first-order valence-electron chi connectivity index (χ1n) is 9.25. The zero-order valence-electron chi connectivity index (χ0n) is 14.9. The molecule has 1 saturated heterocycles. The number of carbonyl (C=O) groups is 1. The van der Waals surface area contributed by atoms with Gasteiger partial charge in [-0.3, -0.25) is 4.79 Å². The molecule has 1 aliphatic rings. The number of carbonyl (C=O) groups excluding carboxylic acids is 1. The second-order valence-electron chi connectivity index (χ2n) is 6.85. The second kappa shape index (κ2) is 8.05. The quantitative estimate of drug-likeness (QED) is 0.619. The highest BCUT2D eigenvalue weighted by molar-refractivity contribution is 7.13. The third-order valence-electron chi connectivity index (χ3n) is 4.95. The summed E-state index contributed by atoms with van der Waals surface area (Å²) in [5, 5.41) is 6.27. The highest BCUT2D eigenvalue weighted by atomic mass is 32.1. The summed E-state index contributed by atoms with van der Waals surface area (Å²) in [4.78, 5) is 15.9. The number of halogens is 1. The van der Waals surface area contributed by atoms with Crippen LogP contribution in [0.25, 0.3) is 10.6 Å². The van der Waals surface area contributed by atoms with Crippen LogP contribution in [0.2, 0.25) is 0 Å². The lowest BCUT2D eigenvalue weighted by molar-refractivity contribution is -0.133. The standard InChI is InChI=1S/C21H21FN2O2S/c22-16-7-4-6-15(12-16)13-21(25)24-10-3-1-2-8-18(24)17-14-19(26-23-17)20-9-5-11-27-20/h4-7,9,11-12,14,18H,1-3,8,10,13H2/t18-/m1/s1. The molecule has 0 unspecified atom stereocenters. The lowest BCUT2D eigenvalue weighted by Crippen LogP contribution is -2.36. The van der Waals surface area contributed by atoms with E-state index in [0.717, 1.165) is 42.0 Å². The molecule has 1 fully saturated rings. The van der Waals surface area contributed by atoms with Gasteiger partial charge in [-0.2, -0.15) is 0 Å². The Hall–Kier alpha value is -2.47. The molecule has 0 radical (unpaired) electrons. The first-order chi connectivity index (χ1) is 13.2. The van der Waals surface area contributed by atoms with E-state index in [2.05, 4.69) is 5.16 Å². The fourth-order valence-electron chi connectivity index (χ4n) is 3.62. The highest BCUT2D eigenvalue weighted by Crippen LogP contribution is 2.33. The first kappa shape index (κ1) is 17.9. The lowest BCUT2D eigenvalue weighted by Gasteiger charge is -2.28. The Labute approximate surface area is 161 Å². The van der Waals surface area contributed by atoms with Gasteiger partial charge in [0.15, 0.2) is 5.76 Å². The van der Waals surface area contributed by atoms with Crippen LogP contribution in [0.5, 0.6) is 0 Å². The summed E-state index contributed by atoms with van der Waals surface area (Å²) in [5.41, 5.74) is 1.50. The topological polar surface area (TPSA) is 46.3 Å². The lowest BCUT2D eigenvalue weighted by atomic mass is 10.0. The molecule has 4 nitrogen and oxygen atoms in total.